The van der Waals surface area contributed by atoms with Gasteiger partial charge in [0.05, 0.1) is 0 Å². The molecule has 0 aromatic heterocycles. The van der Waals surface area contributed by atoms with E-state index >= 15 is 0 Å². The molecule has 65 heavy (non-hydrogen) atoms. The highest BCUT2D eigenvalue weighted by molar-refractivity contribution is 6.11. The summed E-state index contributed by atoms with van der Waals surface area (Å²) in [5.41, 5.74) is 11.6. The maximum absolute atomic E-state index is 10.7. The molecule has 0 saturated heterocycles. The molecule has 0 N–H and O–H groups in total. The Labute approximate surface area is 383 Å². The lowest BCUT2D eigenvalue weighted by Gasteiger charge is -2.34. The van der Waals surface area contributed by atoms with Crippen molar-refractivity contribution in [1.82, 2.24) is 0 Å². The monoisotopic (exact) mass is 840 g/mol. The number of rotatable bonds is 15. The van der Waals surface area contributed by atoms with Gasteiger partial charge in [-0.15, -0.1) is 0 Å². The van der Waals surface area contributed by atoms with E-state index in [1.54, 1.807) is 0 Å². The van der Waals surface area contributed by atoms with Gasteiger partial charge in [0.2, 0.25) is 0 Å². The molecule has 0 bridgehead atoms. The van der Waals surface area contributed by atoms with Crippen LogP contribution in [0.3, 0.4) is 0 Å². The molecule has 1 aliphatic carbocycles. The lowest BCUT2D eigenvalue weighted by atomic mass is 9.70. The smallest absolute Gasteiger partial charge is 0.138 e. The topological polar surface area (TPSA) is 102 Å². The second-order valence-electron chi connectivity index (χ2n) is 16.3. The van der Waals surface area contributed by atoms with Crippen molar-refractivity contribution in [2.45, 2.75) is 57.8 Å². The molecule has 0 atom stereocenters. The summed E-state index contributed by atoms with van der Waals surface area (Å²) in [6.45, 7) is 4.45. The molecule has 0 saturated carbocycles. The van der Waals surface area contributed by atoms with Crippen molar-refractivity contribution in [3.8, 4) is 35.4 Å². The van der Waals surface area contributed by atoms with Crippen LogP contribution in [0.5, 0.6) is 0 Å². The number of benzene rings is 7. The minimum absolute atomic E-state index is 0.172. The Morgan fingerprint density at radius 2 is 0.738 bits per heavy atom. The van der Waals surface area contributed by atoms with Crippen molar-refractivity contribution in [3.05, 3.63) is 215 Å². The molecule has 0 fully saturated rings. The van der Waals surface area contributed by atoms with Crippen molar-refractivity contribution < 1.29 is 0 Å². The molecule has 8 rings (SSSR count). The Morgan fingerprint density at radius 1 is 0.400 bits per heavy atom. The zero-order valence-electron chi connectivity index (χ0n) is 36.7. The van der Waals surface area contributed by atoms with Gasteiger partial charge in [-0.2, -0.15) is 21.0 Å². The van der Waals surface area contributed by atoms with Crippen LogP contribution in [0.15, 0.2) is 193 Å². The van der Waals surface area contributed by atoms with Crippen molar-refractivity contribution in [2.75, 3.05) is 9.80 Å². The Kier molecular flexibility index (Phi) is 13.1. The number of anilines is 6. The maximum Gasteiger partial charge on any atom is 0.138 e. The van der Waals surface area contributed by atoms with E-state index in [0.29, 0.717) is 11.1 Å². The number of allylic oxidation sites excluding steroid dienone is 4. The predicted octanol–water partition coefficient (Wildman–Crippen LogP) is 15.6. The third-order valence-electron chi connectivity index (χ3n) is 12.5. The lowest BCUT2D eigenvalue weighted by molar-refractivity contribution is 0.414. The molecule has 0 unspecified atom stereocenters. The molecular weight excluding hydrogens is 793 g/mol. The van der Waals surface area contributed by atoms with Gasteiger partial charge < -0.3 is 9.80 Å². The summed E-state index contributed by atoms with van der Waals surface area (Å²) in [6.07, 6.45) is 5.82. The van der Waals surface area contributed by atoms with Gasteiger partial charge in [-0.25, -0.2) is 0 Å². The van der Waals surface area contributed by atoms with E-state index in [9.17, 15) is 21.0 Å². The quantitative estimate of drug-likeness (QED) is 0.0752. The second kappa shape index (κ2) is 19.7. The first kappa shape index (κ1) is 43.2. The molecule has 7 aromatic carbocycles. The van der Waals surface area contributed by atoms with E-state index < -0.39 is 0 Å². The molecule has 0 radical (unpaired) electrons. The molecule has 6 nitrogen and oxygen atoms in total. The van der Waals surface area contributed by atoms with Gasteiger partial charge in [0, 0.05) is 50.7 Å². The van der Waals surface area contributed by atoms with Gasteiger partial charge in [-0.1, -0.05) is 143 Å². The van der Waals surface area contributed by atoms with E-state index in [2.05, 4.69) is 127 Å². The van der Waals surface area contributed by atoms with Gasteiger partial charge in [0.1, 0.15) is 35.4 Å². The number of hydrogen-bond donors (Lipinski definition) is 0. The van der Waals surface area contributed by atoms with Gasteiger partial charge in [-0.3, -0.25) is 0 Å². The van der Waals surface area contributed by atoms with Crippen LogP contribution in [0.1, 0.15) is 74.6 Å². The molecule has 0 spiro atoms. The van der Waals surface area contributed by atoms with E-state index in [-0.39, 0.29) is 27.7 Å². The largest absolute Gasteiger partial charge is 0.311 e. The first-order valence-corrected chi connectivity index (χ1v) is 22.3. The van der Waals surface area contributed by atoms with Crippen LogP contribution in [-0.4, -0.2) is 0 Å². The van der Waals surface area contributed by atoms with E-state index in [0.717, 1.165) is 89.3 Å². The molecule has 7 aromatic rings. The third-order valence-corrected chi connectivity index (χ3v) is 12.5. The van der Waals surface area contributed by atoms with Crippen LogP contribution in [0.25, 0.3) is 22.3 Å². The van der Waals surface area contributed by atoms with E-state index in [1.807, 2.05) is 103 Å². The Bertz CT molecular complexity index is 2910. The zero-order valence-corrected chi connectivity index (χ0v) is 36.7. The minimum Gasteiger partial charge on any atom is -0.311 e. The van der Waals surface area contributed by atoms with Gasteiger partial charge in [0.25, 0.3) is 0 Å². The molecular formula is C59H48N6. The van der Waals surface area contributed by atoms with Gasteiger partial charge in [-0.05, 0) is 125 Å². The number of unbranched alkanes of at least 4 members (excludes halogenated alkanes) is 2. The standard InChI is InChI=1S/C59H48N6/c1-3-5-35-59(36-6-4-2)55-37-44(29-33-53(55)54-34-32-52(38-56(54)59)65(49-23-15-9-16-24-49)50-25-17-10-18-26-50)58(46(41-62)42-63)57(45(39-60)40-61)43-27-30-51(31-28-43)64(47-19-11-7-12-20-47)48-21-13-8-14-22-48/h7-34,37-38H,3-6,35-36H2,1-2H3. The lowest BCUT2D eigenvalue weighted by Crippen LogP contribution is -2.26. The Balaban J connectivity index is 1.31. The van der Waals surface area contributed by atoms with Crippen molar-refractivity contribution in [3.63, 3.8) is 0 Å². The number of nitrogens with zero attached hydrogens (tertiary/aromatic N) is 6. The summed E-state index contributed by atoms with van der Waals surface area (Å²) in [6, 6.07) is 70.2. The normalized spacial score (nSPS) is 11.7. The summed E-state index contributed by atoms with van der Waals surface area (Å²) in [5.74, 6) is 0. The summed E-state index contributed by atoms with van der Waals surface area (Å²) in [7, 11) is 0. The SMILES string of the molecule is CCCCC1(CCCC)c2cc(C(=C(C#N)C#N)C(=C(C#N)C#N)c3ccc(N(c4ccccc4)c4ccccc4)cc3)ccc2-c2ccc(N(c3ccccc3)c3ccccc3)cc21. The molecule has 6 heteroatoms. The van der Waals surface area contributed by atoms with Crippen molar-refractivity contribution in [1.29, 1.82) is 21.0 Å². The fourth-order valence-electron chi connectivity index (χ4n) is 9.48. The highest BCUT2D eigenvalue weighted by Crippen LogP contribution is 2.56. The summed E-state index contributed by atoms with van der Waals surface area (Å²) in [4.78, 5) is 4.43. The predicted molar refractivity (Wildman–Crippen MR) is 264 cm³/mol. The third kappa shape index (κ3) is 8.43. The van der Waals surface area contributed by atoms with Gasteiger partial charge >= 0.3 is 0 Å². The maximum atomic E-state index is 10.7. The highest BCUT2D eigenvalue weighted by atomic mass is 15.1. The number of fused-ring (bicyclic) bond motifs is 3. The van der Waals surface area contributed by atoms with Crippen molar-refractivity contribution in [2.24, 2.45) is 0 Å². The average Bonchev–Trinajstić information content (AvgIpc) is 3.63. The number of nitriles is 4. The van der Waals surface area contributed by atoms with E-state index in [1.165, 1.54) is 5.56 Å². The van der Waals surface area contributed by atoms with Crippen LogP contribution in [0.2, 0.25) is 0 Å². The van der Waals surface area contributed by atoms with E-state index in [4.69, 9.17) is 0 Å². The first-order chi connectivity index (χ1) is 32.0. The first-order valence-electron chi connectivity index (χ1n) is 22.3. The average molecular weight is 841 g/mol. The number of hydrogen-bond acceptors (Lipinski definition) is 6. The van der Waals surface area contributed by atoms with Crippen molar-refractivity contribution >= 4 is 45.3 Å². The van der Waals surface area contributed by atoms with Crippen LogP contribution >= 0.6 is 0 Å². The molecule has 0 amide bonds. The number of para-hydroxylation sites is 4. The van der Waals surface area contributed by atoms with Crippen LogP contribution in [0.4, 0.5) is 34.1 Å². The highest BCUT2D eigenvalue weighted by Gasteiger charge is 2.43. The molecule has 0 aliphatic heterocycles. The van der Waals surface area contributed by atoms with Crippen LogP contribution < -0.4 is 9.80 Å². The summed E-state index contributed by atoms with van der Waals surface area (Å²) in [5, 5.41) is 42.5. The molecule has 314 valence electrons. The zero-order chi connectivity index (χ0) is 45.2. The fraction of sp³-hybridized carbons (Fsp3) is 0.153. The second-order valence-corrected chi connectivity index (χ2v) is 16.3. The fourth-order valence-corrected chi connectivity index (χ4v) is 9.48. The van der Waals surface area contributed by atoms with Crippen LogP contribution in [-0.2, 0) is 5.41 Å². The van der Waals surface area contributed by atoms with Crippen LogP contribution in [0, 0.1) is 45.3 Å². The molecule has 1 aliphatic rings. The molecule has 0 heterocycles. The summed E-state index contributed by atoms with van der Waals surface area (Å²) >= 11 is 0. The Morgan fingerprint density at radius 3 is 1.15 bits per heavy atom. The van der Waals surface area contributed by atoms with Gasteiger partial charge in [0.15, 0.2) is 0 Å². The summed E-state index contributed by atoms with van der Waals surface area (Å²) < 4.78 is 0. The minimum atomic E-state index is -0.385. The Hall–Kier alpha value is -8.42.